The molecule has 0 aliphatic carbocycles. The highest BCUT2D eigenvalue weighted by Gasteiger charge is 2.30. The van der Waals surface area contributed by atoms with Gasteiger partial charge in [0, 0.05) is 43.5 Å². The lowest BCUT2D eigenvalue weighted by molar-refractivity contribution is -0.116. The Balaban J connectivity index is 1.47. The number of carbonyl (C=O) groups excluding carboxylic acids is 1. The van der Waals surface area contributed by atoms with Gasteiger partial charge in [0.2, 0.25) is 11.9 Å². The second kappa shape index (κ2) is 10.3. The minimum atomic E-state index is -0.720. The average molecular weight is 522 g/mol. The standard InChI is InChI=1S/C26H25F2N7OS/c1-15(2)35-22-11-16(10-19(27)25(22)37-14-23(35)36)24-20(28)13-31-26(33-24)32-18-3-4-21(17(9-18)12-29)34-7-5-30-6-8-34/h3-4,9-11,13,15,30H,5-8,14H2,1-2H3,(H,31,32,33). The number of thioether (sulfide) groups is 1. The summed E-state index contributed by atoms with van der Waals surface area (Å²) in [7, 11) is 0. The summed E-state index contributed by atoms with van der Waals surface area (Å²) in [6.07, 6.45) is 1.02. The number of fused-ring (bicyclic) bond motifs is 1. The number of hydrogen-bond donors (Lipinski definition) is 2. The maximum atomic E-state index is 15.1. The Hall–Kier alpha value is -3.75. The van der Waals surface area contributed by atoms with Gasteiger partial charge in [0.25, 0.3) is 0 Å². The number of carbonyl (C=O) groups is 1. The van der Waals surface area contributed by atoms with E-state index in [9.17, 15) is 14.4 Å². The molecule has 0 unspecified atom stereocenters. The van der Waals surface area contributed by atoms with Gasteiger partial charge in [-0.3, -0.25) is 4.79 Å². The van der Waals surface area contributed by atoms with E-state index in [1.165, 1.54) is 11.0 Å². The summed E-state index contributed by atoms with van der Waals surface area (Å²) < 4.78 is 29.9. The van der Waals surface area contributed by atoms with Gasteiger partial charge in [-0.2, -0.15) is 5.26 Å². The van der Waals surface area contributed by atoms with Gasteiger partial charge < -0.3 is 20.4 Å². The maximum absolute atomic E-state index is 15.1. The first-order valence-electron chi connectivity index (χ1n) is 11.9. The van der Waals surface area contributed by atoms with Crippen molar-refractivity contribution in [1.82, 2.24) is 15.3 Å². The molecule has 0 bridgehead atoms. The summed E-state index contributed by atoms with van der Waals surface area (Å²) in [5, 5.41) is 16.0. The number of anilines is 4. The number of piperazine rings is 1. The van der Waals surface area contributed by atoms with Crippen molar-refractivity contribution in [2.24, 2.45) is 0 Å². The topological polar surface area (TPSA) is 97.2 Å². The number of nitrogens with one attached hydrogen (secondary N) is 2. The summed E-state index contributed by atoms with van der Waals surface area (Å²) in [4.78, 5) is 24.9. The number of nitrogens with zero attached hydrogens (tertiary/aromatic N) is 5. The average Bonchev–Trinajstić information content (AvgIpc) is 2.89. The fourth-order valence-electron chi connectivity index (χ4n) is 4.59. The van der Waals surface area contributed by atoms with E-state index in [1.54, 1.807) is 12.1 Å². The molecule has 2 N–H and O–H groups in total. The van der Waals surface area contributed by atoms with Crippen LogP contribution < -0.4 is 20.4 Å². The van der Waals surface area contributed by atoms with Crippen LogP contribution in [0.2, 0.25) is 0 Å². The number of amides is 1. The van der Waals surface area contributed by atoms with Crippen LogP contribution in [-0.2, 0) is 4.79 Å². The molecule has 11 heteroatoms. The zero-order valence-corrected chi connectivity index (χ0v) is 21.2. The molecule has 1 amide bonds. The van der Waals surface area contributed by atoms with Gasteiger partial charge >= 0.3 is 0 Å². The fourth-order valence-corrected chi connectivity index (χ4v) is 5.49. The summed E-state index contributed by atoms with van der Waals surface area (Å²) in [5.74, 6) is -1.14. The molecular weight excluding hydrogens is 496 g/mol. The molecule has 2 aromatic carbocycles. The number of hydrogen-bond acceptors (Lipinski definition) is 8. The molecule has 8 nitrogen and oxygen atoms in total. The van der Waals surface area contributed by atoms with Crippen LogP contribution in [0, 0.1) is 23.0 Å². The van der Waals surface area contributed by atoms with Gasteiger partial charge in [0.15, 0.2) is 5.82 Å². The van der Waals surface area contributed by atoms with Crippen molar-refractivity contribution < 1.29 is 13.6 Å². The van der Waals surface area contributed by atoms with E-state index < -0.39 is 11.6 Å². The molecule has 190 valence electrons. The monoisotopic (exact) mass is 521 g/mol. The van der Waals surface area contributed by atoms with Crippen LogP contribution in [0.15, 0.2) is 41.4 Å². The van der Waals surface area contributed by atoms with Crippen LogP contribution in [0.1, 0.15) is 19.4 Å². The number of aromatic nitrogens is 2. The fraction of sp³-hybridized carbons (Fsp3) is 0.308. The first-order valence-corrected chi connectivity index (χ1v) is 12.9. The maximum Gasteiger partial charge on any atom is 0.237 e. The zero-order chi connectivity index (χ0) is 26.1. The number of rotatable bonds is 5. The van der Waals surface area contributed by atoms with E-state index >= 15 is 4.39 Å². The van der Waals surface area contributed by atoms with Crippen molar-refractivity contribution in [2.75, 3.05) is 47.0 Å². The largest absolute Gasteiger partial charge is 0.368 e. The van der Waals surface area contributed by atoms with Crippen LogP contribution in [0.5, 0.6) is 0 Å². The van der Waals surface area contributed by atoms with Crippen LogP contribution >= 0.6 is 11.8 Å². The predicted molar refractivity (Wildman–Crippen MR) is 140 cm³/mol. The van der Waals surface area contributed by atoms with Gasteiger partial charge in [0.05, 0.1) is 33.8 Å². The molecule has 2 aliphatic heterocycles. The molecule has 3 heterocycles. The van der Waals surface area contributed by atoms with E-state index in [-0.39, 0.29) is 34.9 Å². The Morgan fingerprint density at radius 1 is 1.14 bits per heavy atom. The van der Waals surface area contributed by atoms with Gasteiger partial charge in [-0.1, -0.05) is 0 Å². The molecule has 1 saturated heterocycles. The lowest BCUT2D eigenvalue weighted by atomic mass is 10.1. The first-order chi connectivity index (χ1) is 17.9. The molecule has 1 fully saturated rings. The number of halogens is 2. The molecule has 1 aromatic heterocycles. The highest BCUT2D eigenvalue weighted by molar-refractivity contribution is 8.00. The Labute approximate surface area is 217 Å². The van der Waals surface area contributed by atoms with Gasteiger partial charge in [0.1, 0.15) is 17.6 Å². The highest BCUT2D eigenvalue weighted by atomic mass is 32.2. The molecule has 0 radical (unpaired) electrons. The van der Waals surface area contributed by atoms with E-state index in [0.29, 0.717) is 21.8 Å². The van der Waals surface area contributed by atoms with Gasteiger partial charge in [-0.05, 0) is 44.2 Å². The Morgan fingerprint density at radius 2 is 1.92 bits per heavy atom. The molecule has 0 spiro atoms. The Kier molecular flexibility index (Phi) is 6.95. The van der Waals surface area contributed by atoms with E-state index in [0.717, 1.165) is 49.8 Å². The predicted octanol–water partition coefficient (Wildman–Crippen LogP) is 4.29. The van der Waals surface area contributed by atoms with Crippen LogP contribution in [-0.4, -0.2) is 53.8 Å². The second-order valence-corrected chi connectivity index (χ2v) is 10.0. The molecule has 0 saturated carbocycles. The molecule has 2 aliphatic rings. The van der Waals surface area contributed by atoms with Crippen LogP contribution in [0.25, 0.3) is 11.3 Å². The number of nitriles is 1. The molecule has 5 rings (SSSR count). The Morgan fingerprint density at radius 3 is 2.65 bits per heavy atom. The van der Waals surface area contributed by atoms with Crippen LogP contribution in [0.3, 0.4) is 0 Å². The lowest BCUT2D eigenvalue weighted by Crippen LogP contribution is -2.43. The summed E-state index contributed by atoms with van der Waals surface area (Å²) in [6.45, 7) is 7.00. The minimum Gasteiger partial charge on any atom is -0.368 e. The second-order valence-electron chi connectivity index (χ2n) is 9.05. The minimum absolute atomic E-state index is 0.0936. The highest BCUT2D eigenvalue weighted by Crippen LogP contribution is 2.41. The van der Waals surface area contributed by atoms with Crippen molar-refractivity contribution in [3.05, 3.63) is 53.7 Å². The summed E-state index contributed by atoms with van der Waals surface area (Å²) >= 11 is 1.13. The Bertz CT molecular complexity index is 1400. The third-order valence-electron chi connectivity index (χ3n) is 6.26. The zero-order valence-electron chi connectivity index (χ0n) is 20.4. The van der Waals surface area contributed by atoms with Crippen molar-refractivity contribution in [1.29, 1.82) is 5.26 Å². The van der Waals surface area contributed by atoms with Crippen molar-refractivity contribution in [3.8, 4) is 17.3 Å². The lowest BCUT2D eigenvalue weighted by Gasteiger charge is -2.32. The quantitative estimate of drug-likeness (QED) is 0.513. The first kappa shape index (κ1) is 24.9. The third kappa shape index (κ3) is 4.95. The molecular formula is C26H25F2N7OS. The van der Waals surface area contributed by atoms with Gasteiger partial charge in [-0.15, -0.1) is 11.8 Å². The third-order valence-corrected chi connectivity index (χ3v) is 7.34. The van der Waals surface area contributed by atoms with Crippen molar-refractivity contribution >= 4 is 40.7 Å². The molecule has 37 heavy (non-hydrogen) atoms. The SMILES string of the molecule is CC(C)N1C(=O)CSc2c(F)cc(-c3nc(Nc4ccc(N5CCNCC5)c(C#N)c4)ncc3F)cc21. The van der Waals surface area contributed by atoms with E-state index in [2.05, 4.69) is 31.6 Å². The summed E-state index contributed by atoms with van der Waals surface area (Å²) in [5.41, 5.74) is 2.43. The normalized spacial score (nSPS) is 15.5. The van der Waals surface area contributed by atoms with Gasteiger partial charge in [-0.25, -0.2) is 18.7 Å². The van der Waals surface area contributed by atoms with E-state index in [4.69, 9.17) is 0 Å². The van der Waals surface area contributed by atoms with Crippen LogP contribution in [0.4, 0.5) is 31.8 Å². The molecule has 3 aromatic rings. The van der Waals surface area contributed by atoms with E-state index in [1.807, 2.05) is 26.0 Å². The smallest absolute Gasteiger partial charge is 0.237 e. The van der Waals surface area contributed by atoms with Crippen molar-refractivity contribution in [3.63, 3.8) is 0 Å². The molecule has 0 atom stereocenters. The number of benzene rings is 2. The van der Waals surface area contributed by atoms with Crippen molar-refractivity contribution in [2.45, 2.75) is 24.8 Å². The summed E-state index contributed by atoms with van der Waals surface area (Å²) in [6, 6.07) is 10.2.